The first-order chi connectivity index (χ1) is 15.6. The molecule has 1 aliphatic carbocycles. The average molecular weight is 473 g/mol. The molecule has 1 saturated carbocycles. The molecule has 1 atom stereocenters. The molecule has 1 fully saturated rings. The van der Waals surface area contributed by atoms with Gasteiger partial charge in [-0.3, -0.25) is 9.59 Å². The smallest absolute Gasteiger partial charge is 0.243 e. The predicted octanol–water partition coefficient (Wildman–Crippen LogP) is 6.08. The summed E-state index contributed by atoms with van der Waals surface area (Å²) in [5.41, 5.74) is 0.974. The molecule has 2 amide bonds. The second-order valence-electron chi connectivity index (χ2n) is 8.33. The fourth-order valence-electron chi connectivity index (χ4n) is 4.17. The van der Waals surface area contributed by atoms with Crippen molar-refractivity contribution in [1.82, 2.24) is 10.2 Å². The summed E-state index contributed by atoms with van der Waals surface area (Å²) in [6.45, 7) is 2.38. The first-order valence-electron chi connectivity index (χ1n) is 11.6. The SMILES string of the molecule is CC[C@@H](C(=O)NC1CCCCC1)N(Cc1ccc(Cl)cc1)C(=O)CCSc1ccccc1. The van der Waals surface area contributed by atoms with Crippen LogP contribution in [0.15, 0.2) is 59.5 Å². The summed E-state index contributed by atoms with van der Waals surface area (Å²) in [6, 6.07) is 17.3. The molecule has 2 aromatic rings. The van der Waals surface area contributed by atoms with Crippen LogP contribution in [-0.2, 0) is 16.1 Å². The number of nitrogens with zero attached hydrogens (tertiary/aromatic N) is 1. The van der Waals surface area contributed by atoms with Gasteiger partial charge in [0.1, 0.15) is 6.04 Å². The van der Waals surface area contributed by atoms with Gasteiger partial charge in [-0.2, -0.15) is 0 Å². The van der Waals surface area contributed by atoms with Crippen molar-refractivity contribution >= 4 is 35.2 Å². The van der Waals surface area contributed by atoms with Gasteiger partial charge in [0.15, 0.2) is 0 Å². The summed E-state index contributed by atoms with van der Waals surface area (Å²) in [4.78, 5) is 29.4. The summed E-state index contributed by atoms with van der Waals surface area (Å²) in [6.07, 6.45) is 6.59. The van der Waals surface area contributed by atoms with Crippen LogP contribution < -0.4 is 5.32 Å². The van der Waals surface area contributed by atoms with E-state index < -0.39 is 6.04 Å². The van der Waals surface area contributed by atoms with Crippen LogP contribution in [0.4, 0.5) is 0 Å². The zero-order chi connectivity index (χ0) is 22.8. The van der Waals surface area contributed by atoms with Gasteiger partial charge in [-0.1, -0.05) is 68.1 Å². The van der Waals surface area contributed by atoms with E-state index in [0.29, 0.717) is 30.2 Å². The lowest BCUT2D eigenvalue weighted by atomic mass is 9.95. The predicted molar refractivity (Wildman–Crippen MR) is 133 cm³/mol. The molecule has 32 heavy (non-hydrogen) atoms. The van der Waals surface area contributed by atoms with Crippen molar-refractivity contribution in [1.29, 1.82) is 0 Å². The molecule has 0 aliphatic heterocycles. The summed E-state index contributed by atoms with van der Waals surface area (Å²) in [7, 11) is 0. The highest BCUT2D eigenvalue weighted by atomic mass is 35.5. The van der Waals surface area contributed by atoms with E-state index in [0.717, 1.165) is 36.1 Å². The van der Waals surface area contributed by atoms with Gasteiger partial charge in [0.2, 0.25) is 11.8 Å². The van der Waals surface area contributed by atoms with Crippen molar-refractivity contribution in [2.75, 3.05) is 5.75 Å². The van der Waals surface area contributed by atoms with Crippen molar-refractivity contribution in [3.63, 3.8) is 0 Å². The maximum atomic E-state index is 13.3. The molecule has 0 radical (unpaired) electrons. The Morgan fingerprint density at radius 1 is 1.06 bits per heavy atom. The Bertz CT molecular complexity index is 854. The molecule has 3 rings (SSSR count). The minimum atomic E-state index is -0.471. The third-order valence-electron chi connectivity index (χ3n) is 5.93. The van der Waals surface area contributed by atoms with Crippen LogP contribution in [0.1, 0.15) is 57.4 Å². The van der Waals surface area contributed by atoms with Crippen LogP contribution in [0.3, 0.4) is 0 Å². The van der Waals surface area contributed by atoms with Crippen LogP contribution >= 0.6 is 23.4 Å². The molecule has 1 aliphatic rings. The normalized spacial score (nSPS) is 15.2. The fourth-order valence-corrected chi connectivity index (χ4v) is 5.15. The first-order valence-corrected chi connectivity index (χ1v) is 12.9. The van der Waals surface area contributed by atoms with E-state index in [2.05, 4.69) is 5.32 Å². The molecule has 0 aromatic heterocycles. The van der Waals surface area contributed by atoms with E-state index in [-0.39, 0.29) is 17.9 Å². The topological polar surface area (TPSA) is 49.4 Å². The Labute approximate surface area is 201 Å². The Balaban J connectivity index is 1.69. The minimum Gasteiger partial charge on any atom is -0.352 e. The van der Waals surface area contributed by atoms with E-state index in [4.69, 9.17) is 11.6 Å². The highest BCUT2D eigenvalue weighted by Gasteiger charge is 2.30. The average Bonchev–Trinajstić information content (AvgIpc) is 2.81. The van der Waals surface area contributed by atoms with Crippen LogP contribution in [0.5, 0.6) is 0 Å². The maximum absolute atomic E-state index is 13.3. The molecule has 0 saturated heterocycles. The maximum Gasteiger partial charge on any atom is 0.243 e. The molecule has 1 N–H and O–H groups in total. The number of benzene rings is 2. The summed E-state index contributed by atoms with van der Waals surface area (Å²) in [5, 5.41) is 3.88. The lowest BCUT2D eigenvalue weighted by molar-refractivity contribution is -0.141. The standard InChI is InChI=1S/C26H33ClN2O2S/c1-2-24(26(31)28-22-9-5-3-6-10-22)29(19-20-13-15-21(27)16-14-20)25(30)17-18-32-23-11-7-4-8-12-23/h4,7-8,11-16,22,24H,2-3,5-6,9-10,17-19H2,1H3,(H,28,31)/t24-/m0/s1. The number of thioether (sulfide) groups is 1. The van der Waals surface area contributed by atoms with Gasteiger partial charge in [-0.25, -0.2) is 0 Å². The molecular formula is C26H33ClN2O2S. The summed E-state index contributed by atoms with van der Waals surface area (Å²) < 4.78 is 0. The van der Waals surface area contributed by atoms with Gasteiger partial charge in [0, 0.05) is 34.7 Å². The quantitative estimate of drug-likeness (QED) is 0.426. The monoisotopic (exact) mass is 472 g/mol. The number of halogens is 1. The lowest BCUT2D eigenvalue weighted by Gasteiger charge is -2.33. The van der Waals surface area contributed by atoms with E-state index in [1.807, 2.05) is 61.5 Å². The third-order valence-corrected chi connectivity index (χ3v) is 7.20. The zero-order valence-electron chi connectivity index (χ0n) is 18.8. The molecule has 0 spiro atoms. The largest absolute Gasteiger partial charge is 0.352 e. The van der Waals surface area contributed by atoms with Crippen LogP contribution in [0.25, 0.3) is 0 Å². The number of carbonyl (C=O) groups is 2. The second-order valence-corrected chi connectivity index (χ2v) is 9.93. The van der Waals surface area contributed by atoms with Gasteiger partial charge in [0.25, 0.3) is 0 Å². The molecule has 2 aromatic carbocycles. The molecule has 0 heterocycles. The molecule has 172 valence electrons. The van der Waals surface area contributed by atoms with E-state index in [1.165, 1.54) is 6.42 Å². The Hall–Kier alpha value is -1.98. The van der Waals surface area contributed by atoms with Crippen LogP contribution in [-0.4, -0.2) is 34.6 Å². The second kappa shape index (κ2) is 12.9. The van der Waals surface area contributed by atoms with Crippen molar-refractivity contribution in [3.8, 4) is 0 Å². The molecule has 0 unspecified atom stereocenters. The minimum absolute atomic E-state index is 0.00836. The van der Waals surface area contributed by atoms with Crippen molar-refractivity contribution in [2.45, 2.75) is 75.4 Å². The number of nitrogens with one attached hydrogen (secondary N) is 1. The Morgan fingerprint density at radius 3 is 2.41 bits per heavy atom. The van der Waals surface area contributed by atoms with Crippen molar-refractivity contribution in [3.05, 3.63) is 65.2 Å². The number of hydrogen-bond acceptors (Lipinski definition) is 3. The number of rotatable bonds is 10. The third kappa shape index (κ3) is 7.56. The van der Waals surface area contributed by atoms with Crippen molar-refractivity contribution in [2.24, 2.45) is 0 Å². The molecular weight excluding hydrogens is 440 g/mol. The van der Waals surface area contributed by atoms with Gasteiger partial charge < -0.3 is 10.2 Å². The summed E-state index contributed by atoms with van der Waals surface area (Å²) >= 11 is 7.70. The highest BCUT2D eigenvalue weighted by molar-refractivity contribution is 7.99. The molecule has 6 heteroatoms. The fraction of sp³-hybridized carbons (Fsp3) is 0.462. The van der Waals surface area contributed by atoms with Crippen molar-refractivity contribution < 1.29 is 9.59 Å². The van der Waals surface area contributed by atoms with E-state index in [1.54, 1.807) is 16.7 Å². The number of amides is 2. The number of carbonyl (C=O) groups excluding carboxylic acids is 2. The first kappa shape index (κ1) is 24.7. The Morgan fingerprint density at radius 2 is 1.75 bits per heavy atom. The van der Waals surface area contributed by atoms with Gasteiger partial charge >= 0.3 is 0 Å². The molecule has 4 nitrogen and oxygen atoms in total. The summed E-state index contributed by atoms with van der Waals surface area (Å²) in [5.74, 6) is 0.659. The van der Waals surface area contributed by atoms with E-state index >= 15 is 0 Å². The van der Waals surface area contributed by atoms with Gasteiger partial charge in [-0.15, -0.1) is 11.8 Å². The molecule has 0 bridgehead atoms. The van der Waals surface area contributed by atoms with Crippen LogP contribution in [0, 0.1) is 0 Å². The Kier molecular flexibility index (Phi) is 9.94. The highest BCUT2D eigenvalue weighted by Crippen LogP contribution is 2.22. The van der Waals surface area contributed by atoms with E-state index in [9.17, 15) is 9.59 Å². The number of hydrogen-bond donors (Lipinski definition) is 1. The van der Waals surface area contributed by atoms with Gasteiger partial charge in [0.05, 0.1) is 0 Å². The van der Waals surface area contributed by atoms with Gasteiger partial charge in [-0.05, 0) is 49.1 Å². The lowest BCUT2D eigenvalue weighted by Crippen LogP contribution is -2.51. The zero-order valence-corrected chi connectivity index (χ0v) is 20.3. The van der Waals surface area contributed by atoms with Crippen LogP contribution in [0.2, 0.25) is 5.02 Å².